The molecule has 0 saturated carbocycles. The van der Waals surface area contributed by atoms with Crippen molar-refractivity contribution in [2.24, 2.45) is 5.92 Å². The zero-order valence-electron chi connectivity index (χ0n) is 23.4. The van der Waals surface area contributed by atoms with E-state index in [0.717, 1.165) is 16.9 Å². The first-order valence-corrected chi connectivity index (χ1v) is 15.1. The standard InChI is InChI=1S/C31H27N3O7S2/c1-16-4-7-18(8-5-16)32-23(35)15-41-21-13-6-17(14-22(21)40-3)24-25-27(42-28-26(24)43-31(38)33-28)30(37)34(29(25)36)19-9-11-20(39-2)12-10-19/h4-14,24-25,27H,15H2,1-3H3,(H,32,35)(H,33,38). The third-order valence-corrected chi connectivity index (χ3v) is 9.80. The summed E-state index contributed by atoms with van der Waals surface area (Å²) in [7, 11) is 3.02. The molecule has 6 rings (SSSR count). The summed E-state index contributed by atoms with van der Waals surface area (Å²) >= 11 is 2.23. The maximum Gasteiger partial charge on any atom is 0.305 e. The van der Waals surface area contributed by atoms with Gasteiger partial charge < -0.3 is 24.5 Å². The number of thioether (sulfide) groups is 1. The molecule has 12 heteroatoms. The number of benzene rings is 3. The molecule has 43 heavy (non-hydrogen) atoms. The molecule has 3 atom stereocenters. The Labute approximate surface area is 255 Å². The van der Waals surface area contributed by atoms with Crippen LogP contribution in [0.4, 0.5) is 11.4 Å². The second kappa shape index (κ2) is 11.6. The molecule has 1 fully saturated rings. The third-order valence-electron chi connectivity index (χ3n) is 7.40. The minimum atomic E-state index is -0.754. The molecule has 3 aromatic carbocycles. The van der Waals surface area contributed by atoms with Gasteiger partial charge in [0.25, 0.3) is 5.91 Å². The van der Waals surface area contributed by atoms with Crippen molar-refractivity contribution in [2.45, 2.75) is 23.1 Å². The number of nitrogens with zero attached hydrogens (tertiary/aromatic N) is 1. The highest BCUT2D eigenvalue weighted by Gasteiger charge is 2.56. The first-order valence-electron chi connectivity index (χ1n) is 13.4. The average molecular weight is 618 g/mol. The summed E-state index contributed by atoms with van der Waals surface area (Å²) in [6.07, 6.45) is 0. The van der Waals surface area contributed by atoms with Gasteiger partial charge in [0.2, 0.25) is 11.8 Å². The molecule has 4 aromatic rings. The second-order valence-corrected chi connectivity index (χ2v) is 12.2. The van der Waals surface area contributed by atoms with E-state index in [1.165, 1.54) is 23.8 Å². The molecule has 1 aromatic heterocycles. The van der Waals surface area contributed by atoms with E-state index in [9.17, 15) is 19.2 Å². The minimum absolute atomic E-state index is 0.248. The van der Waals surface area contributed by atoms with Gasteiger partial charge in [-0.15, -0.1) is 0 Å². The van der Waals surface area contributed by atoms with Gasteiger partial charge in [-0.1, -0.05) is 46.9 Å². The lowest BCUT2D eigenvalue weighted by molar-refractivity contribution is -0.122. The zero-order valence-corrected chi connectivity index (χ0v) is 25.0. The number of methoxy groups -OCH3 is 2. The molecule has 2 N–H and O–H groups in total. The van der Waals surface area contributed by atoms with E-state index in [2.05, 4.69) is 10.3 Å². The summed E-state index contributed by atoms with van der Waals surface area (Å²) in [5.41, 5.74) is 2.87. The molecule has 0 radical (unpaired) electrons. The lowest BCUT2D eigenvalue weighted by Crippen LogP contribution is -2.32. The van der Waals surface area contributed by atoms with Crippen molar-refractivity contribution in [3.63, 3.8) is 0 Å². The van der Waals surface area contributed by atoms with E-state index in [0.29, 0.717) is 44.1 Å². The van der Waals surface area contributed by atoms with Crippen molar-refractivity contribution in [2.75, 3.05) is 31.0 Å². The van der Waals surface area contributed by atoms with E-state index in [1.807, 2.05) is 31.2 Å². The number of aromatic nitrogens is 1. The monoisotopic (exact) mass is 617 g/mol. The number of thiazole rings is 1. The molecule has 0 aliphatic carbocycles. The highest BCUT2D eigenvalue weighted by molar-refractivity contribution is 8.00. The number of amides is 3. The van der Waals surface area contributed by atoms with Crippen LogP contribution in [0, 0.1) is 12.8 Å². The number of imide groups is 1. The maximum atomic E-state index is 13.9. The molecule has 0 spiro atoms. The van der Waals surface area contributed by atoms with Crippen LogP contribution in [0.3, 0.4) is 0 Å². The van der Waals surface area contributed by atoms with Gasteiger partial charge in [-0.25, -0.2) is 4.90 Å². The van der Waals surface area contributed by atoms with Crippen LogP contribution in [0.2, 0.25) is 0 Å². The first-order chi connectivity index (χ1) is 20.8. The van der Waals surface area contributed by atoms with Gasteiger partial charge >= 0.3 is 4.87 Å². The highest BCUT2D eigenvalue weighted by Crippen LogP contribution is 2.53. The Hall–Kier alpha value is -4.55. The fraction of sp³-hybridized carbons (Fsp3) is 0.226. The molecule has 2 aliphatic heterocycles. The predicted octanol–water partition coefficient (Wildman–Crippen LogP) is 4.58. The van der Waals surface area contributed by atoms with Crippen LogP contribution in [0.25, 0.3) is 0 Å². The Morgan fingerprint density at radius 1 is 0.930 bits per heavy atom. The van der Waals surface area contributed by atoms with Crippen molar-refractivity contribution in [1.29, 1.82) is 0 Å². The van der Waals surface area contributed by atoms with Crippen LogP contribution in [0.1, 0.15) is 21.9 Å². The molecule has 3 amide bonds. The van der Waals surface area contributed by atoms with Crippen molar-refractivity contribution in [3.8, 4) is 17.2 Å². The van der Waals surface area contributed by atoms with Gasteiger partial charge in [0.1, 0.15) is 11.0 Å². The van der Waals surface area contributed by atoms with Gasteiger partial charge in [-0.3, -0.25) is 19.2 Å². The van der Waals surface area contributed by atoms with Gasteiger partial charge in [-0.2, -0.15) is 0 Å². The molecule has 10 nitrogen and oxygen atoms in total. The molecule has 1 saturated heterocycles. The summed E-state index contributed by atoms with van der Waals surface area (Å²) in [5.74, 6) is -1.08. The number of aryl methyl sites for hydroxylation is 1. The molecular formula is C31H27N3O7S2. The molecule has 3 heterocycles. The van der Waals surface area contributed by atoms with Crippen LogP contribution < -0.4 is 29.3 Å². The number of fused-ring (bicyclic) bond motifs is 2. The number of carbonyl (C=O) groups is 3. The zero-order chi connectivity index (χ0) is 30.2. The Morgan fingerprint density at radius 2 is 1.67 bits per heavy atom. The fourth-order valence-electron chi connectivity index (χ4n) is 5.34. The van der Waals surface area contributed by atoms with Crippen LogP contribution in [-0.2, 0) is 14.4 Å². The van der Waals surface area contributed by atoms with E-state index in [1.54, 1.807) is 49.6 Å². The number of anilines is 2. The second-order valence-electron chi connectivity index (χ2n) is 10.1. The summed E-state index contributed by atoms with van der Waals surface area (Å²) in [6.45, 7) is 1.72. The smallest absolute Gasteiger partial charge is 0.305 e. The van der Waals surface area contributed by atoms with E-state index < -0.39 is 17.1 Å². The average Bonchev–Trinajstić information content (AvgIpc) is 3.51. The predicted molar refractivity (Wildman–Crippen MR) is 164 cm³/mol. The number of nitrogens with one attached hydrogen (secondary N) is 2. The van der Waals surface area contributed by atoms with Gasteiger partial charge in [0.15, 0.2) is 18.1 Å². The number of hydrogen-bond acceptors (Lipinski definition) is 9. The normalized spacial score (nSPS) is 19.0. The Balaban J connectivity index is 1.29. The number of rotatable bonds is 8. The fourth-order valence-corrected chi connectivity index (χ4v) is 7.85. The molecular weight excluding hydrogens is 590 g/mol. The first kappa shape index (κ1) is 28.6. The van der Waals surface area contributed by atoms with E-state index in [-0.39, 0.29) is 29.2 Å². The number of aromatic amines is 1. The molecule has 0 bridgehead atoms. The van der Waals surface area contributed by atoms with Crippen molar-refractivity contribution in [3.05, 3.63) is 92.4 Å². The van der Waals surface area contributed by atoms with Crippen LogP contribution in [0.15, 0.2) is 76.6 Å². The number of ether oxygens (including phenoxy) is 3. The lowest BCUT2D eigenvalue weighted by atomic mass is 9.83. The summed E-state index contributed by atoms with van der Waals surface area (Å²) < 4.78 is 16.6. The summed E-state index contributed by atoms with van der Waals surface area (Å²) in [5, 5.41) is 2.63. The summed E-state index contributed by atoms with van der Waals surface area (Å²) in [4.78, 5) is 57.0. The number of H-pyrrole nitrogens is 1. The number of carbonyl (C=O) groups excluding carboxylic acids is 3. The summed E-state index contributed by atoms with van der Waals surface area (Å²) in [6, 6.07) is 19.3. The van der Waals surface area contributed by atoms with Crippen LogP contribution >= 0.6 is 23.1 Å². The number of hydrogen-bond donors (Lipinski definition) is 2. The Morgan fingerprint density at radius 3 is 2.37 bits per heavy atom. The van der Waals surface area contributed by atoms with E-state index >= 15 is 0 Å². The Kier molecular flexibility index (Phi) is 7.72. The quantitative estimate of drug-likeness (QED) is 0.275. The van der Waals surface area contributed by atoms with Crippen LogP contribution in [0.5, 0.6) is 17.2 Å². The third kappa shape index (κ3) is 5.39. The highest BCUT2D eigenvalue weighted by atomic mass is 32.2. The van der Waals surface area contributed by atoms with Gasteiger partial charge in [0, 0.05) is 16.5 Å². The molecule has 2 aliphatic rings. The van der Waals surface area contributed by atoms with Crippen molar-refractivity contribution >= 4 is 52.2 Å². The van der Waals surface area contributed by atoms with E-state index in [4.69, 9.17) is 14.2 Å². The SMILES string of the molecule is COc1ccc(N2C(=O)C3Sc4[nH]c(=O)sc4C(c4ccc(OCC(=O)Nc5ccc(C)cc5)c(OC)c4)C3C2=O)cc1. The van der Waals surface area contributed by atoms with Gasteiger partial charge in [0.05, 0.1) is 30.9 Å². The van der Waals surface area contributed by atoms with Crippen molar-refractivity contribution < 1.29 is 28.6 Å². The van der Waals surface area contributed by atoms with Gasteiger partial charge in [-0.05, 0) is 61.0 Å². The van der Waals surface area contributed by atoms with Crippen LogP contribution in [-0.4, -0.2) is 48.8 Å². The maximum absolute atomic E-state index is 13.9. The topological polar surface area (TPSA) is 127 Å². The molecule has 220 valence electrons. The Bertz CT molecular complexity index is 1770. The van der Waals surface area contributed by atoms with Crippen molar-refractivity contribution in [1.82, 2.24) is 4.98 Å². The molecule has 3 unspecified atom stereocenters. The lowest BCUT2D eigenvalue weighted by Gasteiger charge is -2.30. The minimum Gasteiger partial charge on any atom is -0.497 e. The largest absolute Gasteiger partial charge is 0.497 e.